The lowest BCUT2D eigenvalue weighted by atomic mass is 9.81. The van der Waals surface area contributed by atoms with Crippen LogP contribution in [0.4, 0.5) is 17.1 Å². The van der Waals surface area contributed by atoms with Crippen molar-refractivity contribution in [1.82, 2.24) is 29.5 Å². The van der Waals surface area contributed by atoms with Crippen LogP contribution in [0.3, 0.4) is 0 Å². The fourth-order valence-corrected chi connectivity index (χ4v) is 15.6. The Hall–Kier alpha value is -13.0. The van der Waals surface area contributed by atoms with E-state index in [1.54, 1.807) is 24.8 Å². The van der Waals surface area contributed by atoms with Crippen LogP contribution in [-0.4, -0.2) is 29.5 Å². The number of hydrogen-bond donors (Lipinski definition) is 0. The number of pyridine rings is 2. The number of benzene rings is 14. The summed E-state index contributed by atoms with van der Waals surface area (Å²) in [5.41, 5.74) is 23.0. The number of nitrogens with zero attached hydrogens (tertiary/aromatic N) is 7. The molecule has 0 saturated heterocycles. The molecule has 7 heteroatoms. The van der Waals surface area contributed by atoms with Crippen molar-refractivity contribution in [1.29, 1.82) is 0 Å². The first-order valence-corrected chi connectivity index (χ1v) is 33.8. The molecule has 0 atom stereocenters. The monoisotopic (exact) mass is 1260 g/mol. The van der Waals surface area contributed by atoms with E-state index in [0.29, 0.717) is 17.5 Å². The van der Waals surface area contributed by atoms with Gasteiger partial charge in [0.05, 0.1) is 16.7 Å². The summed E-state index contributed by atoms with van der Waals surface area (Å²) < 4.78 is 2.51. The summed E-state index contributed by atoms with van der Waals surface area (Å²) in [4.78, 5) is 26.6. The van der Waals surface area contributed by atoms with Crippen LogP contribution >= 0.6 is 0 Å². The third-order valence-electron chi connectivity index (χ3n) is 20.4. The summed E-state index contributed by atoms with van der Waals surface area (Å²) in [5, 5.41) is 12.2. The highest BCUT2D eigenvalue weighted by Gasteiger charge is 2.39. The lowest BCUT2D eigenvalue weighted by Crippen LogP contribution is -2.15. The van der Waals surface area contributed by atoms with Gasteiger partial charge < -0.3 is 9.47 Å². The average Bonchev–Trinajstić information content (AvgIpc) is 1.54. The van der Waals surface area contributed by atoms with Crippen LogP contribution in [0.15, 0.2) is 334 Å². The first-order chi connectivity index (χ1) is 48.8. The van der Waals surface area contributed by atoms with E-state index in [9.17, 15) is 0 Å². The third kappa shape index (κ3) is 9.61. The van der Waals surface area contributed by atoms with Crippen molar-refractivity contribution in [3.8, 4) is 95.5 Å². The lowest BCUT2D eigenvalue weighted by Gasteiger charge is -2.29. The molecule has 1 aliphatic carbocycles. The van der Waals surface area contributed by atoms with Crippen LogP contribution in [0.5, 0.6) is 0 Å². The first kappa shape index (κ1) is 57.5. The fraction of sp³-hybridized carbons (Fsp3) is 0.0326. The summed E-state index contributed by atoms with van der Waals surface area (Å²) >= 11 is 0. The summed E-state index contributed by atoms with van der Waals surface area (Å²) in [6, 6.07) is 113. The molecule has 4 heterocycles. The van der Waals surface area contributed by atoms with Crippen molar-refractivity contribution in [2.24, 2.45) is 0 Å². The first-order valence-electron chi connectivity index (χ1n) is 33.8. The zero-order valence-electron chi connectivity index (χ0n) is 54.4. The molecule has 0 spiro atoms. The molecule has 0 amide bonds. The molecule has 0 N–H and O–H groups in total. The number of rotatable bonds is 11. The molecule has 0 fully saturated rings. The maximum Gasteiger partial charge on any atom is 0.164 e. The predicted octanol–water partition coefficient (Wildman–Crippen LogP) is 23.8. The SMILES string of the molecule is CC1(C)c2cc3c4ccccc4c4ccccc4c3cc2-c2c1ccc1c3cc(-c4ccc(N(c5ccc(-c6ccccc6)cc5)c5cc(-c6ccccc6)cc(-c6ccccc6)c5)c5ccccc45)ccc3n(-c3cccc(-c4nc(-c5ccncc5)nc(-c5ccncc5)n4)c3)c21. The Morgan fingerprint density at radius 1 is 0.283 bits per heavy atom. The number of aromatic nitrogens is 6. The molecule has 18 aromatic rings. The maximum absolute atomic E-state index is 5.22. The minimum Gasteiger partial charge on any atom is -0.310 e. The number of fused-ring (bicyclic) bond motifs is 14. The van der Waals surface area contributed by atoms with Gasteiger partial charge in [-0.05, 0) is 196 Å². The van der Waals surface area contributed by atoms with E-state index in [4.69, 9.17) is 15.0 Å². The Bertz CT molecular complexity index is 6110. The van der Waals surface area contributed by atoms with Crippen molar-refractivity contribution in [3.63, 3.8) is 0 Å². The highest BCUT2D eigenvalue weighted by atomic mass is 15.1. The highest BCUT2D eigenvalue weighted by Crippen LogP contribution is 2.56. The molecule has 7 nitrogen and oxygen atoms in total. The van der Waals surface area contributed by atoms with Gasteiger partial charge in [-0.15, -0.1) is 0 Å². The van der Waals surface area contributed by atoms with Crippen LogP contribution in [0, 0.1) is 0 Å². The maximum atomic E-state index is 5.22. The molecular formula is C92H61N7. The van der Waals surface area contributed by atoms with Gasteiger partial charge in [-0.3, -0.25) is 9.97 Å². The Kier molecular flexibility index (Phi) is 13.4. The summed E-state index contributed by atoms with van der Waals surface area (Å²) in [5.74, 6) is 1.69. The number of anilines is 3. The van der Waals surface area contributed by atoms with Crippen LogP contribution in [0.25, 0.3) is 160 Å². The molecule has 0 aliphatic heterocycles. The van der Waals surface area contributed by atoms with E-state index in [0.717, 1.165) is 106 Å². The molecule has 0 saturated carbocycles. The van der Waals surface area contributed by atoms with Crippen LogP contribution < -0.4 is 4.90 Å². The summed E-state index contributed by atoms with van der Waals surface area (Å²) in [6.45, 7) is 4.81. The van der Waals surface area contributed by atoms with Gasteiger partial charge in [0, 0.05) is 85.7 Å². The largest absolute Gasteiger partial charge is 0.310 e. The molecule has 0 bridgehead atoms. The van der Waals surface area contributed by atoms with E-state index in [2.05, 4.69) is 318 Å². The Morgan fingerprint density at radius 3 is 1.37 bits per heavy atom. The highest BCUT2D eigenvalue weighted by molar-refractivity contribution is 6.27. The van der Waals surface area contributed by atoms with Crippen molar-refractivity contribution in [2.45, 2.75) is 19.3 Å². The minimum atomic E-state index is -0.337. The van der Waals surface area contributed by atoms with Gasteiger partial charge >= 0.3 is 0 Å². The summed E-state index contributed by atoms with van der Waals surface area (Å²) in [6.07, 6.45) is 7.10. The molecule has 464 valence electrons. The van der Waals surface area contributed by atoms with Crippen molar-refractivity contribution in [2.75, 3.05) is 4.90 Å². The van der Waals surface area contributed by atoms with Crippen molar-refractivity contribution >= 4 is 82.0 Å². The van der Waals surface area contributed by atoms with E-state index < -0.39 is 0 Å². The quantitative estimate of drug-likeness (QED) is 0.120. The second-order valence-corrected chi connectivity index (χ2v) is 26.4. The van der Waals surface area contributed by atoms with Gasteiger partial charge in [0.25, 0.3) is 0 Å². The zero-order valence-corrected chi connectivity index (χ0v) is 54.4. The average molecular weight is 1260 g/mol. The molecule has 99 heavy (non-hydrogen) atoms. The van der Waals surface area contributed by atoms with E-state index >= 15 is 0 Å². The third-order valence-corrected chi connectivity index (χ3v) is 20.4. The molecule has 0 radical (unpaired) electrons. The molecular weight excluding hydrogens is 1200 g/mol. The van der Waals surface area contributed by atoms with Gasteiger partial charge in [-0.1, -0.05) is 226 Å². The molecule has 0 unspecified atom stereocenters. The Balaban J connectivity index is 0.834. The van der Waals surface area contributed by atoms with Gasteiger partial charge in [0.1, 0.15) is 0 Å². The normalized spacial score (nSPS) is 12.4. The second-order valence-electron chi connectivity index (χ2n) is 26.4. The van der Waals surface area contributed by atoms with Gasteiger partial charge in [0.15, 0.2) is 17.5 Å². The van der Waals surface area contributed by atoms with Crippen molar-refractivity contribution in [3.05, 3.63) is 345 Å². The Morgan fingerprint density at radius 2 is 0.778 bits per heavy atom. The predicted molar refractivity (Wildman–Crippen MR) is 410 cm³/mol. The standard InChI is InChI=1S/C92H61N7/c1-92(2)83-40-38-78-81-55-64(71-39-42-85(77-32-17-16-27-72(71)77)98(68-36-33-61(34-37-68)58-19-6-3-7-20-58)70-53-66(59-21-8-4-9-22-59)51-67(54-70)60-23-10-5-11-24-60)35-41-86(81)99(88(78)87(83)82-56-79-75-30-14-12-28-73(75)74-29-13-15-31-76(74)80(79)57-84(82)92)69-26-18-25-65(52-69)91-96-89(62-43-47-93-48-44-62)95-90(97-91)63-45-49-94-50-46-63/h3-57H,1-2H3. The fourth-order valence-electron chi connectivity index (χ4n) is 15.6. The molecule has 4 aromatic heterocycles. The summed E-state index contributed by atoms with van der Waals surface area (Å²) in [7, 11) is 0. The molecule has 1 aliphatic rings. The number of hydrogen-bond acceptors (Lipinski definition) is 6. The molecule has 14 aromatic carbocycles. The second kappa shape index (κ2) is 23.2. The lowest BCUT2D eigenvalue weighted by molar-refractivity contribution is 0.661. The van der Waals surface area contributed by atoms with E-state index in [1.807, 2.05) is 24.3 Å². The smallest absolute Gasteiger partial charge is 0.164 e. The zero-order chi connectivity index (χ0) is 65.7. The van der Waals surface area contributed by atoms with Crippen LogP contribution in [-0.2, 0) is 5.41 Å². The van der Waals surface area contributed by atoms with Gasteiger partial charge in [-0.2, -0.15) is 0 Å². The van der Waals surface area contributed by atoms with E-state index in [-0.39, 0.29) is 5.41 Å². The van der Waals surface area contributed by atoms with Crippen LogP contribution in [0.1, 0.15) is 25.0 Å². The molecule has 19 rings (SSSR count). The van der Waals surface area contributed by atoms with Crippen molar-refractivity contribution < 1.29 is 0 Å². The van der Waals surface area contributed by atoms with Gasteiger partial charge in [0.2, 0.25) is 0 Å². The Labute approximate surface area is 573 Å². The van der Waals surface area contributed by atoms with Gasteiger partial charge in [-0.25, -0.2) is 15.0 Å². The van der Waals surface area contributed by atoms with Crippen LogP contribution in [0.2, 0.25) is 0 Å². The van der Waals surface area contributed by atoms with E-state index in [1.165, 1.54) is 65.5 Å². The topological polar surface area (TPSA) is 72.6 Å². The minimum absolute atomic E-state index is 0.337.